The molecular weight excluding hydrogens is 172 g/mol. The average Bonchev–Trinajstić information content (AvgIpc) is 2.62. The van der Waals surface area contributed by atoms with Crippen molar-refractivity contribution in [2.45, 2.75) is 19.6 Å². The number of esters is 1. The molecule has 1 saturated heterocycles. The van der Waals surface area contributed by atoms with Crippen LogP contribution in [0.5, 0.6) is 0 Å². The van der Waals surface area contributed by atoms with Crippen LogP contribution in [0.25, 0.3) is 0 Å². The second-order valence-corrected chi connectivity index (χ2v) is 3.21. The van der Waals surface area contributed by atoms with Crippen LogP contribution >= 0.6 is 0 Å². The number of methoxy groups -OCH3 is 1. The van der Waals surface area contributed by atoms with Gasteiger partial charge in [-0.15, -0.1) is 0 Å². The van der Waals surface area contributed by atoms with Crippen LogP contribution in [0.3, 0.4) is 0 Å². The molecule has 2 rings (SSSR count). The van der Waals surface area contributed by atoms with Gasteiger partial charge in [0.2, 0.25) is 6.29 Å². The second-order valence-electron chi connectivity index (χ2n) is 3.21. The molecule has 2 heterocycles. The molecule has 0 aromatic carbocycles. The van der Waals surface area contributed by atoms with E-state index in [9.17, 15) is 4.79 Å². The monoisotopic (exact) mass is 184 g/mol. The Morgan fingerprint density at radius 2 is 2.38 bits per heavy atom. The third kappa shape index (κ3) is 1.21. The van der Waals surface area contributed by atoms with Crippen molar-refractivity contribution >= 4 is 5.97 Å². The van der Waals surface area contributed by atoms with Crippen molar-refractivity contribution in [1.29, 1.82) is 0 Å². The van der Waals surface area contributed by atoms with Crippen LogP contribution in [0.15, 0.2) is 11.3 Å². The number of fused-ring (bicyclic) bond motifs is 1. The highest BCUT2D eigenvalue weighted by Gasteiger charge is 2.43. The van der Waals surface area contributed by atoms with Crippen molar-refractivity contribution in [3.8, 4) is 0 Å². The Morgan fingerprint density at radius 3 is 3.08 bits per heavy atom. The van der Waals surface area contributed by atoms with Crippen LogP contribution in [-0.4, -0.2) is 26.0 Å². The van der Waals surface area contributed by atoms with E-state index in [4.69, 9.17) is 9.47 Å². The summed E-state index contributed by atoms with van der Waals surface area (Å²) >= 11 is 0. The van der Waals surface area contributed by atoms with Crippen LogP contribution in [0.4, 0.5) is 0 Å². The summed E-state index contributed by atoms with van der Waals surface area (Å²) in [5, 5.41) is 0. The van der Waals surface area contributed by atoms with Crippen LogP contribution in [-0.2, 0) is 19.0 Å². The Labute approximate surface area is 76.5 Å². The quantitative estimate of drug-likeness (QED) is 0.566. The molecule has 2 aliphatic heterocycles. The lowest BCUT2D eigenvalue weighted by atomic mass is 9.98. The van der Waals surface area contributed by atoms with E-state index < -0.39 is 0 Å². The topological polar surface area (TPSA) is 44.8 Å². The van der Waals surface area contributed by atoms with Crippen LogP contribution in [0.1, 0.15) is 13.3 Å². The zero-order valence-electron chi connectivity index (χ0n) is 7.70. The number of hydrogen-bond acceptors (Lipinski definition) is 4. The number of carbonyl (C=O) groups is 1. The van der Waals surface area contributed by atoms with Gasteiger partial charge in [0.25, 0.3) is 0 Å². The maximum atomic E-state index is 11.4. The molecule has 0 aromatic rings. The molecule has 2 atom stereocenters. The molecule has 0 aliphatic carbocycles. The zero-order valence-corrected chi connectivity index (χ0v) is 7.70. The molecule has 0 aromatic heterocycles. The van der Waals surface area contributed by atoms with E-state index in [1.807, 2.05) is 0 Å². The van der Waals surface area contributed by atoms with Crippen molar-refractivity contribution in [3.63, 3.8) is 0 Å². The summed E-state index contributed by atoms with van der Waals surface area (Å²) in [6.45, 7) is 2.43. The molecule has 0 N–H and O–H groups in total. The maximum absolute atomic E-state index is 11.4. The van der Waals surface area contributed by atoms with E-state index in [2.05, 4.69) is 4.74 Å². The number of ether oxygens (including phenoxy) is 3. The Bertz CT molecular complexity index is 269. The minimum absolute atomic E-state index is 0.0763. The number of carbonyl (C=O) groups excluding carboxylic acids is 1. The fraction of sp³-hybridized carbons (Fsp3) is 0.667. The van der Waals surface area contributed by atoms with E-state index in [1.165, 1.54) is 7.11 Å². The van der Waals surface area contributed by atoms with E-state index in [0.29, 0.717) is 17.9 Å². The smallest absolute Gasteiger partial charge is 0.337 e. The van der Waals surface area contributed by atoms with Crippen molar-refractivity contribution < 1.29 is 19.0 Å². The van der Waals surface area contributed by atoms with Gasteiger partial charge in [-0.2, -0.15) is 0 Å². The summed E-state index contributed by atoms with van der Waals surface area (Å²) in [6, 6.07) is 0. The molecule has 0 saturated carbocycles. The first kappa shape index (κ1) is 8.56. The van der Waals surface area contributed by atoms with Gasteiger partial charge in [0, 0.05) is 0 Å². The number of hydrogen-bond donors (Lipinski definition) is 0. The predicted molar refractivity (Wildman–Crippen MR) is 43.6 cm³/mol. The van der Waals surface area contributed by atoms with Gasteiger partial charge in [-0.1, -0.05) is 0 Å². The number of rotatable bonds is 1. The third-order valence-corrected chi connectivity index (χ3v) is 2.49. The van der Waals surface area contributed by atoms with Gasteiger partial charge in [0.15, 0.2) is 0 Å². The van der Waals surface area contributed by atoms with Crippen LogP contribution in [0, 0.1) is 5.92 Å². The van der Waals surface area contributed by atoms with Gasteiger partial charge < -0.3 is 14.2 Å². The Balaban J connectivity index is 2.24. The van der Waals surface area contributed by atoms with Gasteiger partial charge >= 0.3 is 5.97 Å². The van der Waals surface area contributed by atoms with Gasteiger partial charge in [-0.3, -0.25) is 0 Å². The Kier molecular flexibility index (Phi) is 2.00. The second kappa shape index (κ2) is 3.03. The molecule has 0 radical (unpaired) electrons. The zero-order chi connectivity index (χ0) is 9.42. The minimum Gasteiger partial charge on any atom is -0.468 e. The largest absolute Gasteiger partial charge is 0.468 e. The Hall–Kier alpha value is -1.03. The van der Waals surface area contributed by atoms with Crippen molar-refractivity contribution in [2.24, 2.45) is 5.92 Å². The highest BCUT2D eigenvalue weighted by molar-refractivity contribution is 5.90. The normalized spacial score (nSPS) is 31.5. The van der Waals surface area contributed by atoms with E-state index >= 15 is 0 Å². The molecule has 0 bridgehead atoms. The van der Waals surface area contributed by atoms with Crippen molar-refractivity contribution in [2.75, 3.05) is 13.7 Å². The summed E-state index contributed by atoms with van der Waals surface area (Å²) in [4.78, 5) is 11.4. The highest BCUT2D eigenvalue weighted by Crippen LogP contribution is 2.38. The molecule has 0 unspecified atom stereocenters. The summed E-state index contributed by atoms with van der Waals surface area (Å²) < 4.78 is 15.4. The van der Waals surface area contributed by atoms with Crippen molar-refractivity contribution in [3.05, 3.63) is 11.3 Å². The summed E-state index contributed by atoms with van der Waals surface area (Å²) in [6.07, 6.45) is 0.584. The molecule has 4 heteroatoms. The first-order valence-electron chi connectivity index (χ1n) is 4.31. The molecular formula is C9H12O4. The standard InChI is InChI=1S/C9H12O4/c1-5-7(8(10)11-2)6-3-4-12-9(6)13-5/h6,9H,3-4H2,1-2H3/t6-,9+/m1/s1. The maximum Gasteiger partial charge on any atom is 0.337 e. The van der Waals surface area contributed by atoms with Gasteiger partial charge in [0.1, 0.15) is 5.76 Å². The molecule has 72 valence electrons. The fourth-order valence-corrected chi connectivity index (χ4v) is 1.86. The third-order valence-electron chi connectivity index (χ3n) is 2.49. The molecule has 13 heavy (non-hydrogen) atoms. The van der Waals surface area contributed by atoms with Crippen molar-refractivity contribution in [1.82, 2.24) is 0 Å². The minimum atomic E-state index is -0.296. The fourth-order valence-electron chi connectivity index (χ4n) is 1.86. The summed E-state index contributed by atoms with van der Waals surface area (Å²) in [5.74, 6) is 0.421. The summed E-state index contributed by atoms with van der Waals surface area (Å²) in [7, 11) is 1.38. The molecule has 4 nitrogen and oxygen atoms in total. The predicted octanol–water partition coefficient (Wildman–Crippen LogP) is 0.826. The van der Waals surface area contributed by atoms with Crippen LogP contribution in [0.2, 0.25) is 0 Å². The van der Waals surface area contributed by atoms with E-state index in [-0.39, 0.29) is 18.2 Å². The van der Waals surface area contributed by atoms with E-state index in [0.717, 1.165) is 6.42 Å². The van der Waals surface area contributed by atoms with Gasteiger partial charge in [-0.05, 0) is 13.3 Å². The van der Waals surface area contributed by atoms with Crippen LogP contribution < -0.4 is 0 Å². The SMILES string of the molecule is COC(=O)C1=C(C)O[C@@H]2OCC[C@H]12. The van der Waals surface area contributed by atoms with E-state index in [1.54, 1.807) is 6.92 Å². The summed E-state index contributed by atoms with van der Waals surface area (Å²) in [5.41, 5.74) is 0.644. The first-order valence-corrected chi connectivity index (χ1v) is 4.31. The number of allylic oxidation sites excluding steroid dienone is 1. The molecule has 0 spiro atoms. The Morgan fingerprint density at radius 1 is 1.62 bits per heavy atom. The lowest BCUT2D eigenvalue weighted by molar-refractivity contribution is -0.136. The van der Waals surface area contributed by atoms with Gasteiger partial charge in [0.05, 0.1) is 25.2 Å². The highest BCUT2D eigenvalue weighted by atomic mass is 16.7. The lowest BCUT2D eigenvalue weighted by Crippen LogP contribution is -2.17. The average molecular weight is 184 g/mol. The lowest BCUT2D eigenvalue weighted by Gasteiger charge is -2.08. The van der Waals surface area contributed by atoms with Gasteiger partial charge in [-0.25, -0.2) is 4.79 Å². The molecule has 2 aliphatic rings. The molecule has 1 fully saturated rings. The first-order chi connectivity index (χ1) is 6.24. The molecule has 0 amide bonds.